The molecule has 0 saturated carbocycles. The zero-order valence-electron chi connectivity index (χ0n) is 9.56. The Morgan fingerprint density at radius 2 is 2.25 bits per heavy atom. The predicted octanol–water partition coefficient (Wildman–Crippen LogP) is 1.28. The highest BCUT2D eigenvalue weighted by Crippen LogP contribution is 2.13. The van der Waals surface area contributed by atoms with Crippen molar-refractivity contribution >= 4 is 17.3 Å². The Labute approximate surface area is 98.7 Å². The Balaban J connectivity index is 2.94. The minimum Gasteiger partial charge on any atom is -0.334 e. The van der Waals surface area contributed by atoms with Crippen LogP contribution in [0.5, 0.6) is 0 Å². The fourth-order valence-corrected chi connectivity index (χ4v) is 1.99. The van der Waals surface area contributed by atoms with E-state index < -0.39 is 0 Å². The van der Waals surface area contributed by atoms with Crippen LogP contribution in [-0.2, 0) is 0 Å². The number of nitrogen functional groups attached to an aromatic ring is 1. The van der Waals surface area contributed by atoms with E-state index in [4.69, 9.17) is 5.84 Å². The number of aromatic nitrogens is 3. The van der Waals surface area contributed by atoms with Gasteiger partial charge in [-0.05, 0) is 18.9 Å². The molecule has 0 aliphatic carbocycles. The molecule has 1 aromatic heterocycles. The maximum Gasteiger partial charge on any atom is 0.299 e. The molecule has 5 nitrogen and oxygen atoms in total. The molecule has 0 aliphatic rings. The molecule has 0 aliphatic heterocycles. The van der Waals surface area contributed by atoms with Crippen LogP contribution < -0.4 is 11.4 Å². The highest BCUT2D eigenvalue weighted by Gasteiger charge is 2.10. The van der Waals surface area contributed by atoms with Gasteiger partial charge < -0.3 is 5.84 Å². The Bertz CT molecular complexity index is 441. The number of allylic oxidation sites excluding steroid dienone is 1. The van der Waals surface area contributed by atoms with Crippen molar-refractivity contribution in [2.45, 2.75) is 31.8 Å². The fourth-order valence-electron chi connectivity index (χ4n) is 1.06. The number of nitrogens with zero attached hydrogens (tertiary/aromatic N) is 3. The van der Waals surface area contributed by atoms with E-state index in [-0.39, 0.29) is 11.3 Å². The van der Waals surface area contributed by atoms with E-state index in [0.29, 0.717) is 10.7 Å². The van der Waals surface area contributed by atoms with E-state index in [9.17, 15) is 4.79 Å². The molecule has 0 fully saturated rings. The van der Waals surface area contributed by atoms with E-state index in [2.05, 4.69) is 23.7 Å². The minimum atomic E-state index is -0.346. The molecule has 0 spiro atoms. The zero-order chi connectivity index (χ0) is 12.1. The van der Waals surface area contributed by atoms with Crippen LogP contribution in [0.4, 0.5) is 0 Å². The van der Waals surface area contributed by atoms with Gasteiger partial charge in [0.1, 0.15) is 0 Å². The second-order valence-electron chi connectivity index (χ2n) is 3.49. The number of hydrogen-bond donors (Lipinski definition) is 1. The topological polar surface area (TPSA) is 73.8 Å². The quantitative estimate of drug-likeness (QED) is 0.477. The number of hydrogen-bond acceptors (Lipinski definition) is 5. The molecule has 0 bridgehead atoms. The van der Waals surface area contributed by atoms with Crippen molar-refractivity contribution in [3.63, 3.8) is 0 Å². The third-order valence-corrected chi connectivity index (χ3v) is 3.03. The average Bonchev–Trinajstić information content (AvgIpc) is 2.24. The molecule has 1 aromatic rings. The summed E-state index contributed by atoms with van der Waals surface area (Å²) < 4.78 is 1.04. The first-order valence-corrected chi connectivity index (χ1v) is 6.10. The van der Waals surface area contributed by atoms with Gasteiger partial charge in [0.15, 0.2) is 5.69 Å². The molecule has 1 heterocycles. The number of nitrogens with two attached hydrogens (primary N) is 1. The molecule has 0 amide bonds. The van der Waals surface area contributed by atoms with Crippen molar-refractivity contribution in [1.82, 2.24) is 14.9 Å². The lowest BCUT2D eigenvalue weighted by Crippen LogP contribution is -2.33. The lowest BCUT2D eigenvalue weighted by molar-refractivity contribution is 0.690. The van der Waals surface area contributed by atoms with Crippen molar-refractivity contribution in [2.75, 3.05) is 11.6 Å². The third-order valence-electron chi connectivity index (χ3n) is 2.00. The van der Waals surface area contributed by atoms with E-state index in [1.807, 2.05) is 0 Å². The van der Waals surface area contributed by atoms with Crippen LogP contribution >= 0.6 is 11.8 Å². The predicted molar refractivity (Wildman–Crippen MR) is 66.8 cm³/mol. The van der Waals surface area contributed by atoms with Gasteiger partial charge in [0.25, 0.3) is 5.56 Å². The summed E-state index contributed by atoms with van der Waals surface area (Å²) in [6.07, 6.45) is 2.15. The van der Waals surface area contributed by atoms with Crippen LogP contribution in [0.25, 0.3) is 5.57 Å². The number of thioether (sulfide) groups is 1. The Hall–Kier alpha value is -1.30. The second-order valence-corrected chi connectivity index (χ2v) is 4.55. The molecule has 88 valence electrons. The molecule has 0 atom stereocenters. The summed E-state index contributed by atoms with van der Waals surface area (Å²) in [5.41, 5.74) is 0.450. The molecule has 2 N–H and O–H groups in total. The summed E-state index contributed by atoms with van der Waals surface area (Å²) in [5, 5.41) is 8.20. The number of rotatable bonds is 5. The first-order chi connectivity index (χ1) is 7.57. The minimum absolute atomic E-state index is 0.224. The first-order valence-electron chi connectivity index (χ1n) is 5.11. The molecule has 16 heavy (non-hydrogen) atoms. The van der Waals surface area contributed by atoms with E-state index in [1.54, 1.807) is 6.92 Å². The van der Waals surface area contributed by atoms with Crippen LogP contribution in [0.2, 0.25) is 0 Å². The van der Waals surface area contributed by atoms with Crippen molar-refractivity contribution < 1.29 is 0 Å². The van der Waals surface area contributed by atoms with E-state index in [0.717, 1.165) is 23.3 Å². The first kappa shape index (κ1) is 12.8. The molecule has 6 heteroatoms. The largest absolute Gasteiger partial charge is 0.334 e. The van der Waals surface area contributed by atoms with Crippen molar-refractivity contribution in [3.8, 4) is 0 Å². The van der Waals surface area contributed by atoms with Crippen molar-refractivity contribution in [1.29, 1.82) is 0 Å². The lowest BCUT2D eigenvalue weighted by Gasteiger charge is -2.06. The van der Waals surface area contributed by atoms with Gasteiger partial charge in [-0.3, -0.25) is 4.79 Å². The van der Waals surface area contributed by atoms with Gasteiger partial charge in [-0.25, -0.2) is 0 Å². The van der Waals surface area contributed by atoms with Crippen LogP contribution in [-0.4, -0.2) is 20.6 Å². The standard InChI is InChI=1S/C10H16N4OS/c1-4-5-6-16-10-13-12-8(7(2)3)9(15)14(10)11/h2,4-6,11H2,1,3H3. The van der Waals surface area contributed by atoms with Gasteiger partial charge >= 0.3 is 0 Å². The second kappa shape index (κ2) is 5.69. The molecule has 0 unspecified atom stereocenters. The maximum absolute atomic E-state index is 11.7. The summed E-state index contributed by atoms with van der Waals surface area (Å²) in [5.74, 6) is 6.53. The lowest BCUT2D eigenvalue weighted by atomic mass is 10.3. The summed E-state index contributed by atoms with van der Waals surface area (Å²) >= 11 is 1.44. The van der Waals surface area contributed by atoms with Gasteiger partial charge in [0.2, 0.25) is 5.16 Å². The summed E-state index contributed by atoms with van der Waals surface area (Å²) in [6.45, 7) is 7.46. The van der Waals surface area contributed by atoms with Gasteiger partial charge in [-0.2, -0.15) is 4.68 Å². The molecule has 0 saturated heterocycles. The molecular formula is C10H16N4OS. The summed E-state index contributed by atoms with van der Waals surface area (Å²) in [6, 6.07) is 0. The van der Waals surface area contributed by atoms with Gasteiger partial charge in [0.05, 0.1) is 0 Å². The maximum atomic E-state index is 11.7. The normalized spacial score (nSPS) is 10.4. The highest BCUT2D eigenvalue weighted by atomic mass is 32.2. The molecule has 0 radical (unpaired) electrons. The monoisotopic (exact) mass is 240 g/mol. The Morgan fingerprint density at radius 3 is 2.81 bits per heavy atom. The fraction of sp³-hybridized carbons (Fsp3) is 0.500. The summed E-state index contributed by atoms with van der Waals surface area (Å²) in [7, 11) is 0. The smallest absolute Gasteiger partial charge is 0.299 e. The summed E-state index contributed by atoms with van der Waals surface area (Å²) in [4.78, 5) is 11.7. The molecule has 0 aromatic carbocycles. The zero-order valence-corrected chi connectivity index (χ0v) is 10.4. The van der Waals surface area contributed by atoms with Crippen LogP contribution in [0.15, 0.2) is 16.5 Å². The Morgan fingerprint density at radius 1 is 1.56 bits per heavy atom. The van der Waals surface area contributed by atoms with Gasteiger partial charge in [-0.15, -0.1) is 10.2 Å². The average molecular weight is 240 g/mol. The van der Waals surface area contributed by atoms with Crippen LogP contribution in [0, 0.1) is 0 Å². The van der Waals surface area contributed by atoms with Gasteiger partial charge in [-0.1, -0.05) is 31.7 Å². The SMILES string of the molecule is C=C(C)c1nnc(SCCCC)n(N)c1=O. The number of unbranched alkanes of at least 4 members (excludes halogenated alkanes) is 1. The third kappa shape index (κ3) is 2.85. The highest BCUT2D eigenvalue weighted by molar-refractivity contribution is 7.99. The van der Waals surface area contributed by atoms with Gasteiger partial charge in [0, 0.05) is 5.75 Å². The molecule has 1 rings (SSSR count). The Kier molecular flexibility index (Phi) is 4.54. The van der Waals surface area contributed by atoms with E-state index in [1.165, 1.54) is 11.8 Å². The van der Waals surface area contributed by atoms with Crippen LogP contribution in [0.3, 0.4) is 0 Å². The van der Waals surface area contributed by atoms with Crippen molar-refractivity contribution in [3.05, 3.63) is 22.6 Å². The van der Waals surface area contributed by atoms with Crippen LogP contribution in [0.1, 0.15) is 32.4 Å². The van der Waals surface area contributed by atoms with Crippen molar-refractivity contribution in [2.24, 2.45) is 0 Å². The van der Waals surface area contributed by atoms with E-state index >= 15 is 0 Å². The molecular weight excluding hydrogens is 224 g/mol.